The Balaban J connectivity index is 0.00000264. The van der Waals surface area contributed by atoms with Crippen LogP contribution in [-0.4, -0.2) is 52.0 Å². The molecule has 136 valence electrons. The number of aliphatic hydroxyl groups excluding tert-OH is 1. The molecule has 0 saturated heterocycles. The zero-order valence-electron chi connectivity index (χ0n) is 14.3. The van der Waals surface area contributed by atoms with E-state index in [1.165, 1.54) is 0 Å². The lowest BCUT2D eigenvalue weighted by molar-refractivity contribution is 0.134. The molecule has 0 amide bonds. The van der Waals surface area contributed by atoms with Crippen LogP contribution in [0.4, 0.5) is 0 Å². The van der Waals surface area contributed by atoms with Crippen molar-refractivity contribution in [3.05, 3.63) is 0 Å². The summed E-state index contributed by atoms with van der Waals surface area (Å²) in [5.74, 6) is 1.90. The summed E-state index contributed by atoms with van der Waals surface area (Å²) in [6.45, 7) is 2.78. The van der Waals surface area contributed by atoms with Crippen LogP contribution in [0.15, 0.2) is 4.99 Å². The van der Waals surface area contributed by atoms with E-state index in [0.717, 1.165) is 63.2 Å². The first-order valence-corrected chi connectivity index (χ1v) is 10.0. The zero-order valence-corrected chi connectivity index (χ0v) is 17.4. The molecule has 0 aromatic heterocycles. The molecule has 2 aliphatic rings. The zero-order chi connectivity index (χ0) is 15.9. The van der Waals surface area contributed by atoms with Crippen LogP contribution in [0.1, 0.15) is 51.9 Å². The smallest absolute Gasteiger partial charge is 0.191 e. The van der Waals surface area contributed by atoms with E-state index in [1.54, 1.807) is 7.05 Å². The van der Waals surface area contributed by atoms with Crippen LogP contribution in [0, 0.1) is 5.92 Å². The number of rotatable bonds is 5. The average molecular weight is 457 g/mol. The number of guanidine groups is 1. The molecule has 3 N–H and O–H groups in total. The van der Waals surface area contributed by atoms with Crippen LogP contribution in [0.25, 0.3) is 0 Å². The van der Waals surface area contributed by atoms with Gasteiger partial charge in [-0.25, -0.2) is 0 Å². The molecule has 0 heterocycles. The monoisotopic (exact) mass is 457 g/mol. The lowest BCUT2D eigenvalue weighted by atomic mass is 9.95. The number of aliphatic imine (C=N–C) groups is 1. The summed E-state index contributed by atoms with van der Waals surface area (Å²) in [5.41, 5.74) is 0. The fourth-order valence-corrected chi connectivity index (χ4v) is 4.97. The van der Waals surface area contributed by atoms with Crippen molar-refractivity contribution >= 4 is 40.7 Å². The third-order valence-corrected chi connectivity index (χ3v) is 6.74. The Kier molecular flexibility index (Phi) is 10.00. The van der Waals surface area contributed by atoms with Crippen molar-refractivity contribution < 1.29 is 9.32 Å². The van der Waals surface area contributed by atoms with Crippen LogP contribution < -0.4 is 10.6 Å². The predicted octanol–water partition coefficient (Wildman–Crippen LogP) is 2.01. The maximum absolute atomic E-state index is 12.0. The highest BCUT2D eigenvalue weighted by molar-refractivity contribution is 14.0. The lowest BCUT2D eigenvalue weighted by Crippen LogP contribution is -2.48. The van der Waals surface area contributed by atoms with Gasteiger partial charge in [0.1, 0.15) is 0 Å². The van der Waals surface area contributed by atoms with Crippen molar-refractivity contribution in [3.8, 4) is 0 Å². The average Bonchev–Trinajstić information content (AvgIpc) is 2.96. The second-order valence-electron chi connectivity index (χ2n) is 6.51. The molecule has 0 bridgehead atoms. The van der Waals surface area contributed by atoms with E-state index < -0.39 is 10.8 Å². The minimum atomic E-state index is -0.695. The normalized spacial score (nSPS) is 32.9. The lowest BCUT2D eigenvalue weighted by Gasteiger charge is -2.30. The SMILES string of the molecule is CCS(=O)C1CCCC(NC(=NC)NCC2CCCC2O)C1.I. The third-order valence-electron chi connectivity index (χ3n) is 5.00. The summed E-state index contributed by atoms with van der Waals surface area (Å²) in [5, 5.41) is 17.0. The van der Waals surface area contributed by atoms with Crippen LogP contribution in [0.3, 0.4) is 0 Å². The van der Waals surface area contributed by atoms with Gasteiger partial charge in [0.25, 0.3) is 0 Å². The minimum absolute atomic E-state index is 0. The summed E-state index contributed by atoms with van der Waals surface area (Å²) >= 11 is 0. The van der Waals surface area contributed by atoms with Crippen molar-refractivity contribution in [2.75, 3.05) is 19.3 Å². The molecule has 23 heavy (non-hydrogen) atoms. The van der Waals surface area contributed by atoms with Gasteiger partial charge in [-0.3, -0.25) is 9.20 Å². The van der Waals surface area contributed by atoms with Crippen molar-refractivity contribution in [2.45, 2.75) is 69.3 Å². The molecule has 7 heteroatoms. The molecular formula is C16H32IN3O2S. The molecule has 0 radical (unpaired) electrons. The maximum atomic E-state index is 12.0. The molecule has 2 aliphatic carbocycles. The first-order chi connectivity index (χ1) is 10.6. The van der Waals surface area contributed by atoms with E-state index in [1.807, 2.05) is 6.92 Å². The van der Waals surface area contributed by atoms with Gasteiger partial charge in [-0.15, -0.1) is 24.0 Å². The van der Waals surface area contributed by atoms with Crippen molar-refractivity contribution in [1.82, 2.24) is 10.6 Å². The van der Waals surface area contributed by atoms with Gasteiger partial charge in [-0.2, -0.15) is 0 Å². The Bertz CT molecular complexity index is 409. The molecule has 0 aromatic rings. The van der Waals surface area contributed by atoms with Gasteiger partial charge < -0.3 is 15.7 Å². The molecule has 0 aliphatic heterocycles. The summed E-state index contributed by atoms with van der Waals surface area (Å²) in [6.07, 6.45) is 7.25. The van der Waals surface area contributed by atoms with Crippen LogP contribution in [0.5, 0.6) is 0 Å². The molecule has 0 aromatic carbocycles. The van der Waals surface area contributed by atoms with Crippen LogP contribution >= 0.6 is 24.0 Å². The van der Waals surface area contributed by atoms with E-state index in [2.05, 4.69) is 15.6 Å². The van der Waals surface area contributed by atoms with Crippen molar-refractivity contribution in [1.29, 1.82) is 0 Å². The first-order valence-electron chi connectivity index (χ1n) is 8.66. The first kappa shape index (κ1) is 21.2. The summed E-state index contributed by atoms with van der Waals surface area (Å²) in [7, 11) is 1.09. The maximum Gasteiger partial charge on any atom is 0.191 e. The quantitative estimate of drug-likeness (QED) is 0.336. The van der Waals surface area contributed by atoms with Gasteiger partial charge in [-0.05, 0) is 32.1 Å². The highest BCUT2D eigenvalue weighted by atomic mass is 127. The number of nitrogens with zero attached hydrogens (tertiary/aromatic N) is 1. The Morgan fingerprint density at radius 3 is 2.61 bits per heavy atom. The molecule has 5 unspecified atom stereocenters. The standard InChI is InChI=1S/C16H31N3O2S.HI/c1-3-22(21)14-8-5-7-13(10-14)19-16(17-2)18-11-12-6-4-9-15(12)20;/h12-15,20H,3-11H2,1-2H3,(H2,17,18,19);1H. The Hall–Kier alpha value is 0.110. The molecule has 2 rings (SSSR count). The van der Waals surface area contributed by atoms with Crippen LogP contribution in [0.2, 0.25) is 0 Å². The minimum Gasteiger partial charge on any atom is -0.393 e. The fourth-order valence-electron chi connectivity index (χ4n) is 3.62. The number of hydrogen-bond donors (Lipinski definition) is 3. The van der Waals surface area contributed by atoms with E-state index >= 15 is 0 Å². The molecule has 5 atom stereocenters. The van der Waals surface area contributed by atoms with Gasteiger partial charge in [0.05, 0.1) is 6.10 Å². The van der Waals surface area contributed by atoms with Crippen LogP contribution in [-0.2, 0) is 10.8 Å². The predicted molar refractivity (Wildman–Crippen MR) is 108 cm³/mol. The number of aliphatic hydroxyl groups is 1. The topological polar surface area (TPSA) is 73.7 Å². The Labute approximate surface area is 160 Å². The van der Waals surface area contributed by atoms with E-state index in [4.69, 9.17) is 0 Å². The largest absolute Gasteiger partial charge is 0.393 e. The highest BCUT2D eigenvalue weighted by Gasteiger charge is 2.27. The van der Waals surface area contributed by atoms with Gasteiger partial charge in [-0.1, -0.05) is 19.8 Å². The van der Waals surface area contributed by atoms with Crippen molar-refractivity contribution in [2.24, 2.45) is 10.9 Å². The number of nitrogens with one attached hydrogen (secondary N) is 2. The molecule has 2 fully saturated rings. The van der Waals surface area contributed by atoms with Gasteiger partial charge in [0, 0.05) is 47.4 Å². The second kappa shape index (κ2) is 10.9. The number of halogens is 1. The van der Waals surface area contributed by atoms with Gasteiger partial charge in [0.2, 0.25) is 0 Å². The second-order valence-corrected chi connectivity index (χ2v) is 8.52. The Morgan fingerprint density at radius 2 is 2.00 bits per heavy atom. The van der Waals surface area contributed by atoms with Gasteiger partial charge >= 0.3 is 0 Å². The van der Waals surface area contributed by atoms with E-state index in [9.17, 15) is 9.32 Å². The molecule has 0 spiro atoms. The number of hydrogen-bond acceptors (Lipinski definition) is 3. The highest BCUT2D eigenvalue weighted by Crippen LogP contribution is 2.25. The summed E-state index contributed by atoms with van der Waals surface area (Å²) in [6, 6.07) is 0.356. The van der Waals surface area contributed by atoms with E-state index in [-0.39, 0.29) is 30.1 Å². The molecular weight excluding hydrogens is 425 g/mol. The third kappa shape index (κ3) is 6.49. The summed E-state index contributed by atoms with van der Waals surface area (Å²) in [4.78, 5) is 4.30. The molecule has 5 nitrogen and oxygen atoms in total. The van der Waals surface area contributed by atoms with E-state index in [0.29, 0.717) is 17.2 Å². The summed E-state index contributed by atoms with van der Waals surface area (Å²) < 4.78 is 12.0. The molecule has 2 saturated carbocycles. The Morgan fingerprint density at radius 1 is 1.26 bits per heavy atom. The van der Waals surface area contributed by atoms with Crippen molar-refractivity contribution in [3.63, 3.8) is 0 Å². The fraction of sp³-hybridized carbons (Fsp3) is 0.938. The van der Waals surface area contributed by atoms with Gasteiger partial charge in [0.15, 0.2) is 5.96 Å².